The van der Waals surface area contributed by atoms with Gasteiger partial charge in [0.1, 0.15) is 6.04 Å². The van der Waals surface area contributed by atoms with Gasteiger partial charge in [0.2, 0.25) is 11.8 Å². The number of benzene rings is 1. The molecular formula is C24H33N3O3S. The highest BCUT2D eigenvalue weighted by Gasteiger charge is 2.42. The third kappa shape index (κ3) is 5.33. The quantitative estimate of drug-likeness (QED) is 0.685. The van der Waals surface area contributed by atoms with Crippen molar-refractivity contribution >= 4 is 23.2 Å². The van der Waals surface area contributed by atoms with E-state index < -0.39 is 12.1 Å². The number of aromatic nitrogens is 1. The van der Waals surface area contributed by atoms with E-state index in [1.165, 1.54) is 0 Å². The third-order valence-electron chi connectivity index (χ3n) is 6.01. The maximum atomic E-state index is 13.2. The lowest BCUT2D eigenvalue weighted by Crippen LogP contribution is -2.49. The minimum Gasteiger partial charge on any atom is -0.391 e. The predicted octanol–water partition coefficient (Wildman–Crippen LogP) is 3.62. The van der Waals surface area contributed by atoms with Crippen LogP contribution in [0.4, 0.5) is 0 Å². The lowest BCUT2D eigenvalue weighted by Gasteiger charge is -2.31. The molecule has 2 heterocycles. The molecule has 0 spiro atoms. The van der Waals surface area contributed by atoms with Gasteiger partial charge in [-0.05, 0) is 29.9 Å². The normalized spacial score (nSPS) is 18.9. The Hall–Kier alpha value is -2.25. The number of nitrogens with one attached hydrogen (secondary N) is 1. The van der Waals surface area contributed by atoms with Crippen LogP contribution in [0.15, 0.2) is 29.8 Å². The summed E-state index contributed by atoms with van der Waals surface area (Å²) in [5.41, 5.74) is 4.94. The molecule has 3 rings (SSSR count). The maximum absolute atomic E-state index is 13.2. The van der Waals surface area contributed by atoms with Crippen LogP contribution < -0.4 is 5.32 Å². The second-order valence-corrected chi connectivity index (χ2v) is 9.95. The van der Waals surface area contributed by atoms with E-state index in [1.807, 2.05) is 64.4 Å². The van der Waals surface area contributed by atoms with E-state index in [0.717, 1.165) is 21.7 Å². The second kappa shape index (κ2) is 9.92. The number of thiazole rings is 1. The molecular weight excluding hydrogens is 410 g/mol. The molecule has 2 amide bonds. The number of hydrogen-bond donors (Lipinski definition) is 2. The summed E-state index contributed by atoms with van der Waals surface area (Å²) in [5, 5.41) is 13.1. The molecule has 1 aromatic carbocycles. The molecule has 1 aliphatic rings. The Morgan fingerprint density at radius 2 is 1.84 bits per heavy atom. The molecule has 168 valence electrons. The van der Waals surface area contributed by atoms with Gasteiger partial charge in [0.15, 0.2) is 0 Å². The number of rotatable bonds is 7. The molecule has 1 fully saturated rings. The molecule has 1 aliphatic heterocycles. The number of likely N-dealkylation sites (tertiary alicyclic amines) is 1. The van der Waals surface area contributed by atoms with Crippen molar-refractivity contribution in [3.8, 4) is 10.4 Å². The van der Waals surface area contributed by atoms with Crippen molar-refractivity contribution in [1.29, 1.82) is 0 Å². The first-order valence-electron chi connectivity index (χ1n) is 10.9. The Morgan fingerprint density at radius 3 is 2.39 bits per heavy atom. The highest BCUT2D eigenvalue weighted by molar-refractivity contribution is 7.13. The Morgan fingerprint density at radius 1 is 1.19 bits per heavy atom. The van der Waals surface area contributed by atoms with E-state index in [0.29, 0.717) is 6.54 Å². The first-order chi connectivity index (χ1) is 14.7. The topological polar surface area (TPSA) is 82.5 Å². The van der Waals surface area contributed by atoms with Crippen molar-refractivity contribution in [2.24, 2.45) is 17.8 Å². The van der Waals surface area contributed by atoms with Gasteiger partial charge in [0.25, 0.3) is 0 Å². The van der Waals surface area contributed by atoms with Gasteiger partial charge >= 0.3 is 0 Å². The molecule has 0 unspecified atom stereocenters. The zero-order valence-electron chi connectivity index (χ0n) is 19.0. The zero-order valence-corrected chi connectivity index (χ0v) is 19.8. The lowest BCUT2D eigenvalue weighted by molar-refractivity contribution is -0.144. The first kappa shape index (κ1) is 23.4. The van der Waals surface area contributed by atoms with Gasteiger partial charge in [0.05, 0.1) is 22.2 Å². The van der Waals surface area contributed by atoms with Crippen molar-refractivity contribution in [3.05, 3.63) is 41.0 Å². The number of nitrogens with zero attached hydrogens (tertiary/aromatic N) is 2. The number of hydrogen-bond acceptors (Lipinski definition) is 5. The molecule has 2 N–H and O–H groups in total. The summed E-state index contributed by atoms with van der Waals surface area (Å²) in [5.74, 6) is -0.0582. The standard InChI is InChI=1S/C24H33N3O3S/c1-14(2)21(15(3)4)24(30)27-12-19(28)10-20(27)23(29)25-11-17-6-8-18(9-7-17)22-16(5)26-13-31-22/h6-9,13-15,19-21,28H,10-12H2,1-5H3,(H,25,29)/t19-,20+/m1/s1. The largest absolute Gasteiger partial charge is 0.391 e. The van der Waals surface area contributed by atoms with Crippen molar-refractivity contribution in [2.75, 3.05) is 6.54 Å². The van der Waals surface area contributed by atoms with E-state index in [-0.39, 0.29) is 42.5 Å². The number of carbonyl (C=O) groups excluding carboxylic acids is 2. The number of aryl methyl sites for hydroxylation is 1. The average molecular weight is 444 g/mol. The van der Waals surface area contributed by atoms with Crippen molar-refractivity contribution in [1.82, 2.24) is 15.2 Å². The highest BCUT2D eigenvalue weighted by Crippen LogP contribution is 2.29. The Bertz CT molecular complexity index is 899. The van der Waals surface area contributed by atoms with Gasteiger partial charge < -0.3 is 15.3 Å². The summed E-state index contributed by atoms with van der Waals surface area (Å²) in [6.07, 6.45) is -0.383. The van der Waals surface area contributed by atoms with Crippen LogP contribution in [0.5, 0.6) is 0 Å². The van der Waals surface area contributed by atoms with Gasteiger partial charge in [0, 0.05) is 25.4 Å². The number of aliphatic hydroxyl groups is 1. The van der Waals surface area contributed by atoms with Crippen LogP contribution in [-0.2, 0) is 16.1 Å². The molecule has 0 saturated carbocycles. The fourth-order valence-electron chi connectivity index (χ4n) is 4.50. The summed E-state index contributed by atoms with van der Waals surface area (Å²) >= 11 is 1.61. The fourth-order valence-corrected chi connectivity index (χ4v) is 5.31. The van der Waals surface area contributed by atoms with E-state index in [4.69, 9.17) is 0 Å². The van der Waals surface area contributed by atoms with Gasteiger partial charge in [-0.3, -0.25) is 9.59 Å². The Kier molecular flexibility index (Phi) is 7.49. The molecule has 0 aliphatic carbocycles. The van der Waals surface area contributed by atoms with Gasteiger partial charge in [-0.25, -0.2) is 4.98 Å². The van der Waals surface area contributed by atoms with Crippen LogP contribution in [-0.4, -0.2) is 45.5 Å². The number of aliphatic hydroxyl groups excluding tert-OH is 1. The first-order valence-corrected chi connectivity index (χ1v) is 11.8. The fraction of sp³-hybridized carbons (Fsp3) is 0.542. The number of β-amino-alcohol motifs (C(OH)–C–C–N with tert-alkyl or cyclic N) is 1. The summed E-state index contributed by atoms with van der Waals surface area (Å²) in [6.45, 7) is 10.7. The minimum atomic E-state index is -0.665. The maximum Gasteiger partial charge on any atom is 0.243 e. The molecule has 1 aromatic heterocycles. The summed E-state index contributed by atoms with van der Waals surface area (Å²) < 4.78 is 0. The zero-order chi connectivity index (χ0) is 22.7. The molecule has 2 atom stereocenters. The van der Waals surface area contributed by atoms with Gasteiger partial charge in [-0.15, -0.1) is 11.3 Å². The predicted molar refractivity (Wildman–Crippen MR) is 123 cm³/mol. The molecule has 6 nitrogen and oxygen atoms in total. The molecule has 0 bridgehead atoms. The Balaban J connectivity index is 1.65. The summed E-state index contributed by atoms with van der Waals surface area (Å²) in [4.78, 5) is 33.1. The van der Waals surface area contributed by atoms with Gasteiger partial charge in [-0.1, -0.05) is 52.0 Å². The van der Waals surface area contributed by atoms with Crippen molar-refractivity contribution in [3.63, 3.8) is 0 Å². The van der Waals surface area contributed by atoms with E-state index in [1.54, 1.807) is 16.2 Å². The van der Waals surface area contributed by atoms with Crippen LogP contribution in [0.2, 0.25) is 0 Å². The molecule has 0 radical (unpaired) electrons. The third-order valence-corrected chi connectivity index (χ3v) is 6.99. The van der Waals surface area contributed by atoms with E-state index in [9.17, 15) is 14.7 Å². The van der Waals surface area contributed by atoms with Crippen LogP contribution in [0.3, 0.4) is 0 Å². The average Bonchev–Trinajstić information content (AvgIpc) is 3.31. The molecule has 31 heavy (non-hydrogen) atoms. The van der Waals surface area contributed by atoms with Gasteiger partial charge in [-0.2, -0.15) is 0 Å². The monoisotopic (exact) mass is 443 g/mol. The Labute approximate surface area is 188 Å². The summed E-state index contributed by atoms with van der Waals surface area (Å²) in [6, 6.07) is 7.44. The van der Waals surface area contributed by atoms with Crippen molar-refractivity contribution in [2.45, 2.75) is 59.7 Å². The number of carbonyl (C=O) groups is 2. The van der Waals surface area contributed by atoms with Crippen LogP contribution >= 0.6 is 11.3 Å². The summed E-state index contributed by atoms with van der Waals surface area (Å²) in [7, 11) is 0. The SMILES string of the molecule is Cc1ncsc1-c1ccc(CNC(=O)[C@@H]2C[C@@H](O)CN2C(=O)C(C(C)C)C(C)C)cc1. The van der Waals surface area contributed by atoms with Crippen LogP contribution in [0.1, 0.15) is 45.4 Å². The lowest BCUT2D eigenvalue weighted by atomic mass is 9.84. The minimum absolute atomic E-state index is 0.0361. The molecule has 1 saturated heterocycles. The van der Waals surface area contributed by atoms with E-state index in [2.05, 4.69) is 10.3 Å². The van der Waals surface area contributed by atoms with Crippen LogP contribution in [0.25, 0.3) is 10.4 Å². The second-order valence-electron chi connectivity index (χ2n) is 9.09. The molecule has 2 aromatic rings. The molecule has 7 heteroatoms. The highest BCUT2D eigenvalue weighted by atomic mass is 32.1. The van der Waals surface area contributed by atoms with Crippen molar-refractivity contribution < 1.29 is 14.7 Å². The van der Waals surface area contributed by atoms with E-state index >= 15 is 0 Å². The number of amides is 2. The van der Waals surface area contributed by atoms with Crippen LogP contribution in [0, 0.1) is 24.7 Å². The smallest absolute Gasteiger partial charge is 0.243 e.